The zero-order valence-electron chi connectivity index (χ0n) is 9.48. The number of aryl methyl sites for hydroxylation is 1. The summed E-state index contributed by atoms with van der Waals surface area (Å²) in [7, 11) is 0. The van der Waals surface area contributed by atoms with Crippen molar-refractivity contribution in [3.05, 3.63) is 52.8 Å². The smallest absolute Gasteiger partial charge is 0.272 e. The summed E-state index contributed by atoms with van der Waals surface area (Å²) in [5.41, 5.74) is 1.47. The van der Waals surface area contributed by atoms with E-state index in [1.165, 1.54) is 0 Å². The van der Waals surface area contributed by atoms with Crippen LogP contribution in [0.1, 0.15) is 17.4 Å². The van der Waals surface area contributed by atoms with Crippen molar-refractivity contribution >= 4 is 27.5 Å². The average Bonchev–Trinajstić information content (AvgIpc) is 2.80. The molecule has 17 heavy (non-hydrogen) atoms. The predicted octanol–water partition coefficient (Wildman–Crippen LogP) is 3.52. The van der Waals surface area contributed by atoms with E-state index in [-0.39, 0.29) is 5.91 Å². The first kappa shape index (κ1) is 11.9. The molecule has 1 N–H and O–H groups in total. The molecule has 0 fully saturated rings. The highest BCUT2D eigenvalue weighted by molar-refractivity contribution is 9.10. The number of nitrogens with zero attached hydrogens (tertiary/aromatic N) is 1. The van der Waals surface area contributed by atoms with Gasteiger partial charge in [0, 0.05) is 22.9 Å². The Balaban J connectivity index is 2.14. The van der Waals surface area contributed by atoms with E-state index in [2.05, 4.69) is 21.2 Å². The van der Waals surface area contributed by atoms with Crippen LogP contribution >= 0.6 is 15.9 Å². The van der Waals surface area contributed by atoms with Crippen molar-refractivity contribution in [2.75, 3.05) is 5.32 Å². The fourth-order valence-corrected chi connectivity index (χ4v) is 1.89. The lowest BCUT2D eigenvalue weighted by Gasteiger charge is -2.07. The van der Waals surface area contributed by atoms with Gasteiger partial charge in [-0.25, -0.2) is 0 Å². The van der Waals surface area contributed by atoms with Crippen molar-refractivity contribution in [1.29, 1.82) is 0 Å². The molecule has 2 rings (SSSR count). The SMILES string of the molecule is CCn1cccc1C(=O)Nc1ccc(Br)cc1. The van der Waals surface area contributed by atoms with Gasteiger partial charge in [-0.2, -0.15) is 0 Å². The van der Waals surface area contributed by atoms with E-state index in [1.807, 2.05) is 54.1 Å². The molecule has 0 atom stereocenters. The lowest BCUT2D eigenvalue weighted by molar-refractivity contribution is 0.101. The molecule has 3 nitrogen and oxygen atoms in total. The van der Waals surface area contributed by atoms with Crippen LogP contribution in [0.15, 0.2) is 47.1 Å². The van der Waals surface area contributed by atoms with Gasteiger partial charge in [0.1, 0.15) is 5.69 Å². The molecule has 0 aliphatic rings. The number of hydrogen-bond acceptors (Lipinski definition) is 1. The zero-order valence-corrected chi connectivity index (χ0v) is 11.1. The van der Waals surface area contributed by atoms with E-state index in [9.17, 15) is 4.79 Å². The van der Waals surface area contributed by atoms with Crippen molar-refractivity contribution in [2.45, 2.75) is 13.5 Å². The van der Waals surface area contributed by atoms with Crippen LogP contribution in [0.4, 0.5) is 5.69 Å². The molecule has 0 saturated heterocycles. The van der Waals surface area contributed by atoms with Gasteiger partial charge in [0.15, 0.2) is 0 Å². The van der Waals surface area contributed by atoms with Crippen molar-refractivity contribution in [2.24, 2.45) is 0 Å². The van der Waals surface area contributed by atoms with Gasteiger partial charge in [-0.05, 0) is 43.3 Å². The largest absolute Gasteiger partial charge is 0.344 e. The van der Waals surface area contributed by atoms with Crippen molar-refractivity contribution in [3.8, 4) is 0 Å². The molecule has 0 saturated carbocycles. The summed E-state index contributed by atoms with van der Waals surface area (Å²) in [6, 6.07) is 11.2. The van der Waals surface area contributed by atoms with Gasteiger partial charge in [0.05, 0.1) is 0 Å². The summed E-state index contributed by atoms with van der Waals surface area (Å²) in [5.74, 6) is -0.0841. The minimum atomic E-state index is -0.0841. The van der Waals surface area contributed by atoms with Crippen molar-refractivity contribution < 1.29 is 4.79 Å². The number of benzene rings is 1. The molecule has 88 valence electrons. The van der Waals surface area contributed by atoms with Gasteiger partial charge in [-0.3, -0.25) is 4.79 Å². The second kappa shape index (κ2) is 5.19. The molecule has 0 unspecified atom stereocenters. The number of halogens is 1. The van der Waals surface area contributed by atoms with E-state index >= 15 is 0 Å². The summed E-state index contributed by atoms with van der Waals surface area (Å²) < 4.78 is 2.90. The molecule has 2 aromatic rings. The van der Waals surface area contributed by atoms with E-state index in [0.717, 1.165) is 16.7 Å². The minimum absolute atomic E-state index is 0.0841. The molecule has 0 aliphatic heterocycles. The van der Waals surface area contributed by atoms with Crippen LogP contribution < -0.4 is 5.32 Å². The quantitative estimate of drug-likeness (QED) is 0.923. The van der Waals surface area contributed by atoms with Crippen LogP contribution in [0.2, 0.25) is 0 Å². The van der Waals surface area contributed by atoms with Crippen molar-refractivity contribution in [3.63, 3.8) is 0 Å². The lowest BCUT2D eigenvalue weighted by atomic mass is 10.3. The van der Waals surface area contributed by atoms with Gasteiger partial charge in [-0.1, -0.05) is 15.9 Å². The minimum Gasteiger partial charge on any atom is -0.344 e. The topological polar surface area (TPSA) is 34.0 Å². The molecule has 0 radical (unpaired) electrons. The maximum atomic E-state index is 12.0. The van der Waals surface area contributed by atoms with Gasteiger partial charge < -0.3 is 9.88 Å². The fourth-order valence-electron chi connectivity index (χ4n) is 1.62. The molecular formula is C13H13BrN2O. The first-order valence-electron chi connectivity index (χ1n) is 5.42. The van der Waals surface area contributed by atoms with E-state index < -0.39 is 0 Å². The Labute approximate surface area is 109 Å². The van der Waals surface area contributed by atoms with Crippen LogP contribution in [0.5, 0.6) is 0 Å². The highest BCUT2D eigenvalue weighted by atomic mass is 79.9. The molecule has 4 heteroatoms. The molecule has 1 aromatic heterocycles. The fraction of sp³-hybridized carbons (Fsp3) is 0.154. The predicted molar refractivity (Wildman–Crippen MR) is 72.2 cm³/mol. The highest BCUT2D eigenvalue weighted by Gasteiger charge is 2.09. The van der Waals surface area contributed by atoms with Crippen LogP contribution in [-0.2, 0) is 6.54 Å². The standard InChI is InChI=1S/C13H13BrN2O/c1-2-16-9-3-4-12(16)13(17)15-11-7-5-10(14)6-8-11/h3-9H,2H2,1H3,(H,15,17). The van der Waals surface area contributed by atoms with E-state index in [4.69, 9.17) is 0 Å². The molecular weight excluding hydrogens is 280 g/mol. The van der Waals surface area contributed by atoms with E-state index in [1.54, 1.807) is 0 Å². The third kappa shape index (κ3) is 2.77. The summed E-state index contributed by atoms with van der Waals surface area (Å²) in [6.07, 6.45) is 1.90. The maximum Gasteiger partial charge on any atom is 0.272 e. The number of hydrogen-bond donors (Lipinski definition) is 1. The van der Waals surface area contributed by atoms with Crippen molar-refractivity contribution in [1.82, 2.24) is 4.57 Å². The van der Waals surface area contributed by atoms with Gasteiger partial charge in [0.25, 0.3) is 5.91 Å². The lowest BCUT2D eigenvalue weighted by Crippen LogP contribution is -2.16. The Bertz CT molecular complexity index is 516. The molecule has 1 heterocycles. The summed E-state index contributed by atoms with van der Waals surface area (Å²) in [4.78, 5) is 12.0. The Kier molecular flexibility index (Phi) is 3.64. The second-order valence-corrected chi connectivity index (χ2v) is 4.56. The highest BCUT2D eigenvalue weighted by Crippen LogP contribution is 2.15. The zero-order chi connectivity index (χ0) is 12.3. The number of carbonyl (C=O) groups excluding carboxylic acids is 1. The number of amides is 1. The van der Waals surface area contributed by atoms with Crippen LogP contribution in [-0.4, -0.2) is 10.5 Å². The maximum absolute atomic E-state index is 12.0. The van der Waals surface area contributed by atoms with Gasteiger partial charge in [0.2, 0.25) is 0 Å². The third-order valence-corrected chi connectivity index (χ3v) is 3.03. The molecule has 0 aliphatic carbocycles. The van der Waals surface area contributed by atoms with Crippen LogP contribution in [0, 0.1) is 0 Å². The van der Waals surface area contributed by atoms with Gasteiger partial charge in [-0.15, -0.1) is 0 Å². The summed E-state index contributed by atoms with van der Waals surface area (Å²) in [6.45, 7) is 2.80. The summed E-state index contributed by atoms with van der Waals surface area (Å²) in [5, 5.41) is 2.87. The first-order chi connectivity index (χ1) is 8.20. The van der Waals surface area contributed by atoms with Crippen LogP contribution in [0.3, 0.4) is 0 Å². The number of carbonyl (C=O) groups is 1. The Morgan fingerprint density at radius 1 is 1.29 bits per heavy atom. The summed E-state index contributed by atoms with van der Waals surface area (Å²) >= 11 is 3.36. The Morgan fingerprint density at radius 2 is 2.00 bits per heavy atom. The van der Waals surface area contributed by atoms with E-state index in [0.29, 0.717) is 5.69 Å². The monoisotopic (exact) mass is 292 g/mol. The number of anilines is 1. The molecule has 0 bridgehead atoms. The number of aromatic nitrogens is 1. The average molecular weight is 293 g/mol. The first-order valence-corrected chi connectivity index (χ1v) is 6.22. The molecule has 0 spiro atoms. The normalized spacial score (nSPS) is 10.2. The third-order valence-electron chi connectivity index (χ3n) is 2.50. The Morgan fingerprint density at radius 3 is 2.65 bits per heavy atom. The number of rotatable bonds is 3. The van der Waals surface area contributed by atoms with Gasteiger partial charge >= 0.3 is 0 Å². The number of nitrogens with one attached hydrogen (secondary N) is 1. The second-order valence-electron chi connectivity index (χ2n) is 3.64. The molecule has 1 aromatic carbocycles. The van der Waals surface area contributed by atoms with Crippen LogP contribution in [0.25, 0.3) is 0 Å². The Hall–Kier alpha value is -1.55. The molecule has 1 amide bonds.